The normalized spacial score (nSPS) is 17.5. The fourth-order valence-electron chi connectivity index (χ4n) is 3.39. The predicted molar refractivity (Wildman–Crippen MR) is 103 cm³/mol. The van der Waals surface area contributed by atoms with Crippen LogP contribution in [0.3, 0.4) is 0 Å². The number of methoxy groups -OCH3 is 3. The minimum Gasteiger partial charge on any atom is -0.493 e. The largest absolute Gasteiger partial charge is 0.493 e. The van der Waals surface area contributed by atoms with Crippen LogP contribution in [0, 0.1) is 0 Å². The molecule has 152 valence electrons. The standard InChI is InChI=1S/C21H20O8/c1-26-13-7-5-12(10-15(13)28-3)19-18(21(24)25)17-11(6-9-16(22)23)4-8-14(27-2)20(17)29-19/h4-10,18-19H,1-3H3,(H,22,23)(H,24,25)/b9-6+/t18-,19?/m0/s1. The van der Waals surface area contributed by atoms with E-state index in [1.165, 1.54) is 27.4 Å². The van der Waals surface area contributed by atoms with E-state index in [0.717, 1.165) is 6.08 Å². The van der Waals surface area contributed by atoms with Crippen molar-refractivity contribution in [1.82, 2.24) is 0 Å². The molecule has 8 nitrogen and oxygen atoms in total. The van der Waals surface area contributed by atoms with E-state index >= 15 is 0 Å². The first kappa shape index (κ1) is 20.1. The van der Waals surface area contributed by atoms with E-state index in [0.29, 0.717) is 33.9 Å². The lowest BCUT2D eigenvalue weighted by Gasteiger charge is -2.18. The van der Waals surface area contributed by atoms with Crippen LogP contribution in [0.1, 0.15) is 28.7 Å². The van der Waals surface area contributed by atoms with Crippen molar-refractivity contribution in [2.75, 3.05) is 21.3 Å². The van der Waals surface area contributed by atoms with Gasteiger partial charge in [0.25, 0.3) is 0 Å². The maximum Gasteiger partial charge on any atom is 0.328 e. The van der Waals surface area contributed by atoms with Gasteiger partial charge in [-0.3, -0.25) is 4.79 Å². The molecule has 0 bridgehead atoms. The number of carbonyl (C=O) groups is 2. The molecule has 0 radical (unpaired) electrons. The number of aliphatic carboxylic acids is 2. The Morgan fingerprint density at radius 3 is 2.21 bits per heavy atom. The molecule has 1 aliphatic heterocycles. The molecule has 29 heavy (non-hydrogen) atoms. The zero-order valence-electron chi connectivity index (χ0n) is 16.0. The average molecular weight is 400 g/mol. The number of hydrogen-bond donors (Lipinski definition) is 2. The van der Waals surface area contributed by atoms with E-state index in [1.807, 2.05) is 0 Å². The zero-order chi connectivity index (χ0) is 21.1. The Bertz CT molecular complexity index is 979. The molecule has 2 N–H and O–H groups in total. The Labute approximate surface area is 166 Å². The summed E-state index contributed by atoms with van der Waals surface area (Å²) < 4.78 is 21.9. The molecule has 0 amide bonds. The van der Waals surface area contributed by atoms with E-state index < -0.39 is 24.0 Å². The maximum atomic E-state index is 12.2. The molecule has 1 aliphatic rings. The minimum atomic E-state index is -1.14. The van der Waals surface area contributed by atoms with Gasteiger partial charge in [0.1, 0.15) is 12.0 Å². The Hall–Kier alpha value is -3.68. The summed E-state index contributed by atoms with van der Waals surface area (Å²) >= 11 is 0. The van der Waals surface area contributed by atoms with E-state index in [1.54, 1.807) is 30.3 Å². The lowest BCUT2D eigenvalue weighted by molar-refractivity contribution is -0.140. The first-order chi connectivity index (χ1) is 13.9. The van der Waals surface area contributed by atoms with Gasteiger partial charge in [-0.25, -0.2) is 4.79 Å². The van der Waals surface area contributed by atoms with Gasteiger partial charge >= 0.3 is 11.9 Å². The summed E-state index contributed by atoms with van der Waals surface area (Å²) in [5, 5.41) is 18.9. The van der Waals surface area contributed by atoms with Crippen molar-refractivity contribution in [3.05, 3.63) is 53.1 Å². The number of carboxylic acid groups (broad SMARTS) is 2. The van der Waals surface area contributed by atoms with Crippen LogP contribution in [0.5, 0.6) is 23.0 Å². The molecule has 0 aliphatic carbocycles. The SMILES string of the molecule is COc1ccc(C2Oc3c(OC)ccc(/C=C/C(=O)O)c3[C@@H]2C(=O)O)cc1OC. The summed E-state index contributed by atoms with van der Waals surface area (Å²) in [4.78, 5) is 23.1. The molecular weight excluding hydrogens is 380 g/mol. The fraction of sp³-hybridized carbons (Fsp3) is 0.238. The van der Waals surface area contributed by atoms with Crippen LogP contribution in [0.15, 0.2) is 36.4 Å². The average Bonchev–Trinajstić information content (AvgIpc) is 3.12. The Kier molecular flexibility index (Phi) is 5.63. The van der Waals surface area contributed by atoms with Crippen molar-refractivity contribution < 1.29 is 38.7 Å². The number of hydrogen-bond acceptors (Lipinski definition) is 6. The monoisotopic (exact) mass is 400 g/mol. The van der Waals surface area contributed by atoms with E-state index in [9.17, 15) is 14.7 Å². The smallest absolute Gasteiger partial charge is 0.328 e. The van der Waals surface area contributed by atoms with Gasteiger partial charge in [-0.05, 0) is 35.4 Å². The highest BCUT2D eigenvalue weighted by Gasteiger charge is 2.44. The van der Waals surface area contributed by atoms with Crippen LogP contribution in [0.4, 0.5) is 0 Å². The summed E-state index contributed by atoms with van der Waals surface area (Å²) in [6.45, 7) is 0. The van der Waals surface area contributed by atoms with Gasteiger partial charge in [0.15, 0.2) is 23.0 Å². The number of carboxylic acids is 2. The van der Waals surface area contributed by atoms with Crippen LogP contribution >= 0.6 is 0 Å². The highest BCUT2D eigenvalue weighted by atomic mass is 16.5. The molecule has 2 atom stereocenters. The van der Waals surface area contributed by atoms with Gasteiger partial charge in [0.05, 0.1) is 21.3 Å². The second-order valence-electron chi connectivity index (χ2n) is 6.24. The molecule has 1 unspecified atom stereocenters. The number of ether oxygens (including phenoxy) is 4. The summed E-state index contributed by atoms with van der Waals surface area (Å²) in [5.74, 6) is -1.76. The molecular formula is C21H20O8. The summed E-state index contributed by atoms with van der Waals surface area (Å²) in [7, 11) is 4.44. The molecule has 3 rings (SSSR count). The predicted octanol–water partition coefficient (Wildman–Crippen LogP) is 3.11. The lowest BCUT2D eigenvalue weighted by Crippen LogP contribution is -2.19. The van der Waals surface area contributed by atoms with Crippen molar-refractivity contribution in [1.29, 1.82) is 0 Å². The van der Waals surface area contributed by atoms with Gasteiger partial charge in [0.2, 0.25) is 0 Å². The van der Waals surface area contributed by atoms with Gasteiger partial charge in [-0.1, -0.05) is 12.1 Å². The first-order valence-corrected chi connectivity index (χ1v) is 8.64. The highest BCUT2D eigenvalue weighted by molar-refractivity contribution is 5.88. The highest BCUT2D eigenvalue weighted by Crippen LogP contribution is 2.52. The second-order valence-corrected chi connectivity index (χ2v) is 6.24. The van der Waals surface area contributed by atoms with E-state index in [2.05, 4.69) is 0 Å². The van der Waals surface area contributed by atoms with Crippen LogP contribution in [-0.2, 0) is 9.59 Å². The third-order valence-corrected chi connectivity index (χ3v) is 4.68. The number of rotatable bonds is 7. The van der Waals surface area contributed by atoms with Crippen molar-refractivity contribution in [3.8, 4) is 23.0 Å². The third-order valence-electron chi connectivity index (χ3n) is 4.68. The number of fused-ring (bicyclic) bond motifs is 1. The Morgan fingerprint density at radius 1 is 0.966 bits per heavy atom. The molecule has 2 aromatic rings. The fourth-order valence-corrected chi connectivity index (χ4v) is 3.39. The van der Waals surface area contributed by atoms with Crippen molar-refractivity contribution in [2.45, 2.75) is 12.0 Å². The quantitative estimate of drug-likeness (QED) is 0.682. The maximum absolute atomic E-state index is 12.2. The van der Waals surface area contributed by atoms with Crippen molar-refractivity contribution in [2.24, 2.45) is 0 Å². The first-order valence-electron chi connectivity index (χ1n) is 8.64. The Morgan fingerprint density at radius 2 is 1.62 bits per heavy atom. The van der Waals surface area contributed by atoms with E-state index in [-0.39, 0.29) is 5.75 Å². The van der Waals surface area contributed by atoms with Gasteiger partial charge in [0, 0.05) is 11.6 Å². The van der Waals surface area contributed by atoms with Crippen molar-refractivity contribution in [3.63, 3.8) is 0 Å². The summed E-state index contributed by atoms with van der Waals surface area (Å²) in [5.41, 5.74) is 1.36. The van der Waals surface area contributed by atoms with E-state index in [4.69, 9.17) is 24.1 Å². The molecule has 0 saturated carbocycles. The third kappa shape index (κ3) is 3.69. The number of benzene rings is 2. The lowest BCUT2D eigenvalue weighted by atomic mass is 9.88. The van der Waals surface area contributed by atoms with Crippen molar-refractivity contribution >= 4 is 18.0 Å². The molecule has 0 aromatic heterocycles. The molecule has 0 saturated heterocycles. The molecule has 0 spiro atoms. The van der Waals surface area contributed by atoms with Crippen LogP contribution in [0.25, 0.3) is 6.08 Å². The van der Waals surface area contributed by atoms with Gasteiger partial charge < -0.3 is 29.2 Å². The van der Waals surface area contributed by atoms with Crippen LogP contribution < -0.4 is 18.9 Å². The van der Waals surface area contributed by atoms with Crippen LogP contribution in [0.2, 0.25) is 0 Å². The topological polar surface area (TPSA) is 112 Å². The Balaban J connectivity index is 2.16. The molecule has 2 aromatic carbocycles. The molecule has 1 heterocycles. The summed E-state index contributed by atoms with van der Waals surface area (Å²) in [6.07, 6.45) is 1.43. The second kappa shape index (κ2) is 8.14. The zero-order valence-corrected chi connectivity index (χ0v) is 16.0. The van der Waals surface area contributed by atoms with Gasteiger partial charge in [-0.15, -0.1) is 0 Å². The minimum absolute atomic E-state index is 0.271. The van der Waals surface area contributed by atoms with Crippen LogP contribution in [-0.4, -0.2) is 43.5 Å². The molecule has 0 fully saturated rings. The summed E-state index contributed by atoms with van der Waals surface area (Å²) in [6, 6.07) is 8.24. The molecule has 8 heteroatoms. The van der Waals surface area contributed by atoms with Gasteiger partial charge in [-0.2, -0.15) is 0 Å².